The van der Waals surface area contributed by atoms with Crippen LogP contribution in [-0.4, -0.2) is 29.8 Å². The maximum atomic E-state index is 5.87. The maximum absolute atomic E-state index is 5.87. The van der Waals surface area contributed by atoms with Gasteiger partial charge in [0.15, 0.2) is 0 Å². The van der Waals surface area contributed by atoms with Gasteiger partial charge in [-0.25, -0.2) is 9.98 Å². The number of aromatic nitrogens is 1. The van der Waals surface area contributed by atoms with Gasteiger partial charge in [-0.2, -0.15) is 0 Å². The lowest BCUT2D eigenvalue weighted by Crippen LogP contribution is -2.14. The van der Waals surface area contributed by atoms with Gasteiger partial charge in [-0.1, -0.05) is 24.3 Å². The first-order chi connectivity index (χ1) is 11.0. The van der Waals surface area contributed by atoms with Gasteiger partial charge in [0.25, 0.3) is 0 Å². The number of hydrogen-bond donors (Lipinski definition) is 0. The number of benzene rings is 1. The first-order valence-electron chi connectivity index (χ1n) is 7.60. The van der Waals surface area contributed by atoms with Gasteiger partial charge in [-0.15, -0.1) is 0 Å². The molecule has 0 N–H and O–H groups in total. The molecule has 122 valence electrons. The molecule has 5 heteroatoms. The van der Waals surface area contributed by atoms with Crippen LogP contribution in [0.4, 0.5) is 5.69 Å². The fraction of sp³-hybridized carbons (Fsp3) is 0.333. The van der Waals surface area contributed by atoms with Gasteiger partial charge in [0.2, 0.25) is 5.88 Å². The third-order valence-corrected chi connectivity index (χ3v) is 4.19. The van der Waals surface area contributed by atoms with Crippen molar-refractivity contribution in [3.63, 3.8) is 0 Å². The van der Waals surface area contributed by atoms with Crippen LogP contribution in [0.1, 0.15) is 23.7 Å². The van der Waals surface area contributed by atoms with Crippen LogP contribution in [0.2, 0.25) is 0 Å². The molecule has 0 atom stereocenters. The topological polar surface area (TPSA) is 37.7 Å². The summed E-state index contributed by atoms with van der Waals surface area (Å²) in [7, 11) is 1.99. The Morgan fingerprint density at radius 1 is 1.30 bits per heavy atom. The molecular formula is C18H22BrN3O. The van der Waals surface area contributed by atoms with Gasteiger partial charge < -0.3 is 9.64 Å². The lowest BCUT2D eigenvalue weighted by atomic mass is 10.1. The second-order valence-corrected chi connectivity index (χ2v) is 6.27. The molecule has 0 aliphatic carbocycles. The van der Waals surface area contributed by atoms with E-state index in [1.807, 2.05) is 43.4 Å². The van der Waals surface area contributed by atoms with Crippen LogP contribution >= 0.6 is 15.9 Å². The van der Waals surface area contributed by atoms with Gasteiger partial charge in [0.1, 0.15) is 6.61 Å². The molecule has 0 amide bonds. The number of ether oxygens (including phenoxy) is 1. The van der Waals surface area contributed by atoms with E-state index in [-0.39, 0.29) is 0 Å². The lowest BCUT2D eigenvalue weighted by molar-refractivity contribution is 0.290. The highest BCUT2D eigenvalue weighted by Crippen LogP contribution is 2.30. The molecule has 23 heavy (non-hydrogen) atoms. The van der Waals surface area contributed by atoms with Crippen LogP contribution in [0, 0.1) is 13.8 Å². The smallest absolute Gasteiger partial charge is 0.228 e. The molecule has 2 aromatic rings. The van der Waals surface area contributed by atoms with E-state index >= 15 is 0 Å². The molecule has 0 radical (unpaired) electrons. The fourth-order valence-corrected chi connectivity index (χ4v) is 2.36. The molecule has 0 saturated carbocycles. The third-order valence-electron chi connectivity index (χ3n) is 3.63. The Hall–Kier alpha value is -1.88. The minimum atomic E-state index is 0.499. The minimum Gasteiger partial charge on any atom is -0.472 e. The summed E-state index contributed by atoms with van der Waals surface area (Å²) in [5, 5.41) is 0. The molecule has 2 rings (SSSR count). The monoisotopic (exact) mass is 375 g/mol. The van der Waals surface area contributed by atoms with E-state index in [4.69, 9.17) is 4.74 Å². The molecule has 1 aromatic heterocycles. The number of nitrogens with zero attached hydrogens (tertiary/aromatic N) is 3. The average Bonchev–Trinajstić information content (AvgIpc) is 2.54. The van der Waals surface area contributed by atoms with Crippen LogP contribution in [0.25, 0.3) is 0 Å². The van der Waals surface area contributed by atoms with E-state index in [0.29, 0.717) is 12.5 Å². The van der Waals surface area contributed by atoms with Crippen molar-refractivity contribution >= 4 is 28.0 Å². The first-order valence-corrected chi connectivity index (χ1v) is 8.39. The van der Waals surface area contributed by atoms with Crippen molar-refractivity contribution in [2.45, 2.75) is 27.4 Å². The minimum absolute atomic E-state index is 0.499. The molecule has 1 heterocycles. The summed E-state index contributed by atoms with van der Waals surface area (Å²) in [5.41, 5.74) is 4.05. The summed E-state index contributed by atoms with van der Waals surface area (Å²) >= 11 is 3.52. The zero-order valence-corrected chi connectivity index (χ0v) is 15.6. The number of aliphatic imine (C=N–C) groups is 1. The van der Waals surface area contributed by atoms with Gasteiger partial charge in [0.05, 0.1) is 22.2 Å². The van der Waals surface area contributed by atoms with Crippen LogP contribution in [-0.2, 0) is 6.61 Å². The number of aryl methyl sites for hydroxylation is 2. The summed E-state index contributed by atoms with van der Waals surface area (Å²) in [6.45, 7) is 7.50. The van der Waals surface area contributed by atoms with Crippen molar-refractivity contribution in [3.8, 4) is 5.88 Å². The van der Waals surface area contributed by atoms with Crippen molar-refractivity contribution in [1.29, 1.82) is 0 Å². The van der Waals surface area contributed by atoms with E-state index < -0.39 is 0 Å². The largest absolute Gasteiger partial charge is 0.472 e. The zero-order valence-electron chi connectivity index (χ0n) is 14.0. The Morgan fingerprint density at radius 3 is 2.74 bits per heavy atom. The maximum Gasteiger partial charge on any atom is 0.228 e. The van der Waals surface area contributed by atoms with E-state index in [9.17, 15) is 0 Å². The Morgan fingerprint density at radius 2 is 2.04 bits per heavy atom. The van der Waals surface area contributed by atoms with E-state index in [1.54, 1.807) is 0 Å². The molecule has 0 saturated heterocycles. The van der Waals surface area contributed by atoms with Crippen molar-refractivity contribution in [3.05, 3.63) is 51.6 Å². The van der Waals surface area contributed by atoms with Crippen LogP contribution in [0.5, 0.6) is 5.88 Å². The number of rotatable bonds is 6. The predicted molar refractivity (Wildman–Crippen MR) is 98.6 cm³/mol. The zero-order chi connectivity index (χ0) is 16.8. The van der Waals surface area contributed by atoms with Gasteiger partial charge in [-0.05, 0) is 53.9 Å². The molecule has 0 unspecified atom stereocenters. The summed E-state index contributed by atoms with van der Waals surface area (Å²) in [4.78, 5) is 11.0. The van der Waals surface area contributed by atoms with Crippen LogP contribution < -0.4 is 4.74 Å². The lowest BCUT2D eigenvalue weighted by Gasteiger charge is -2.12. The summed E-state index contributed by atoms with van der Waals surface area (Å²) in [6.07, 6.45) is 1.81. The first kappa shape index (κ1) is 17.5. The van der Waals surface area contributed by atoms with Crippen LogP contribution in [0.15, 0.2) is 39.8 Å². The quantitative estimate of drug-likeness (QED) is 0.544. The molecule has 0 aliphatic rings. The van der Waals surface area contributed by atoms with Gasteiger partial charge >= 0.3 is 0 Å². The van der Waals surface area contributed by atoms with Gasteiger partial charge in [0, 0.05) is 13.6 Å². The second kappa shape index (κ2) is 8.11. The summed E-state index contributed by atoms with van der Waals surface area (Å²) < 4.78 is 6.67. The number of halogens is 1. The molecular weight excluding hydrogens is 354 g/mol. The van der Waals surface area contributed by atoms with E-state index in [1.165, 1.54) is 5.56 Å². The third kappa shape index (κ3) is 4.79. The van der Waals surface area contributed by atoms with Crippen molar-refractivity contribution in [1.82, 2.24) is 9.88 Å². The van der Waals surface area contributed by atoms with Crippen molar-refractivity contribution in [2.75, 3.05) is 13.6 Å². The van der Waals surface area contributed by atoms with E-state index in [2.05, 4.69) is 51.9 Å². The number of hydrogen-bond acceptors (Lipinski definition) is 3. The standard InChI is InChI=1S/C18H22BrN3O/c1-5-22(4)12-20-17-10-16(19)18(21-14(17)3)23-11-15-9-7-6-8-13(15)2/h6-10,12H,5,11H2,1-4H3/b20-12+. The highest BCUT2D eigenvalue weighted by atomic mass is 79.9. The van der Waals surface area contributed by atoms with Crippen molar-refractivity contribution < 1.29 is 4.74 Å². The Balaban J connectivity index is 2.14. The predicted octanol–water partition coefficient (Wildman–Crippen LogP) is 4.65. The SMILES string of the molecule is CCN(C)/C=N/c1cc(Br)c(OCc2ccccc2C)nc1C. The molecule has 0 aliphatic heterocycles. The molecule has 1 aromatic carbocycles. The molecule has 0 fully saturated rings. The second-order valence-electron chi connectivity index (χ2n) is 5.41. The Bertz CT molecular complexity index is 701. The van der Waals surface area contributed by atoms with Crippen molar-refractivity contribution in [2.24, 2.45) is 4.99 Å². The summed E-state index contributed by atoms with van der Waals surface area (Å²) in [6, 6.07) is 10.1. The molecule has 0 spiro atoms. The molecule has 4 nitrogen and oxygen atoms in total. The van der Waals surface area contributed by atoms with Crippen LogP contribution in [0.3, 0.4) is 0 Å². The summed E-state index contributed by atoms with van der Waals surface area (Å²) in [5.74, 6) is 0.591. The average molecular weight is 376 g/mol. The number of pyridine rings is 1. The molecule has 0 bridgehead atoms. The highest BCUT2D eigenvalue weighted by Gasteiger charge is 2.09. The fourth-order valence-electron chi connectivity index (χ4n) is 1.94. The highest BCUT2D eigenvalue weighted by molar-refractivity contribution is 9.10. The van der Waals surface area contributed by atoms with Gasteiger partial charge in [-0.3, -0.25) is 0 Å². The Kier molecular flexibility index (Phi) is 6.16. The normalized spacial score (nSPS) is 11.0. The van der Waals surface area contributed by atoms with E-state index in [0.717, 1.165) is 28.0 Å². The Labute approximate surface area is 146 Å².